The van der Waals surface area contributed by atoms with Crippen molar-refractivity contribution in [2.75, 3.05) is 97.3 Å². The average molecular weight is 974 g/mol. The SMILES string of the molecule is CCCC(NC(=O)/C=C/c1cccc(Br)n1)c1ccc(OCCOCCOCCOCCOCCOCCOCCNC(=O)c2ccc(-c3ccc4c(c3)CC[C@H](C)N4C(C)=O)cc2)cc1. The first-order valence-corrected chi connectivity index (χ1v) is 23.6. The van der Waals surface area contributed by atoms with Crippen LogP contribution in [0.5, 0.6) is 5.75 Å². The molecule has 4 aromatic rings. The van der Waals surface area contributed by atoms with Crippen molar-refractivity contribution < 1.29 is 47.5 Å². The monoisotopic (exact) mass is 972 g/mol. The molecule has 0 saturated heterocycles. The summed E-state index contributed by atoms with van der Waals surface area (Å²) < 4.78 is 40.0. The maximum atomic E-state index is 12.7. The van der Waals surface area contributed by atoms with E-state index in [0.717, 1.165) is 58.4 Å². The van der Waals surface area contributed by atoms with Crippen LogP contribution in [0.2, 0.25) is 0 Å². The fraction of sp³-hybridized carbons (Fsp3) is 0.451. The molecule has 1 aliphatic heterocycles. The number of carbonyl (C=O) groups excluding carboxylic acids is 3. The number of hydrogen-bond acceptors (Lipinski definition) is 11. The van der Waals surface area contributed by atoms with Crippen molar-refractivity contribution in [3.05, 3.63) is 118 Å². The molecule has 1 aromatic heterocycles. The van der Waals surface area contributed by atoms with Gasteiger partial charge in [0.1, 0.15) is 17.0 Å². The Morgan fingerprint density at radius 1 is 0.758 bits per heavy atom. The van der Waals surface area contributed by atoms with Crippen LogP contribution in [-0.4, -0.2) is 121 Å². The first kappa shape index (κ1) is 52.0. The standard InChI is InChI=1S/C51H65BrN4O10/c1-4-6-47(55-50(58)22-18-45-7-5-8-49(52)54-45)41-15-19-46(20-16-41)66-36-35-65-34-33-64-32-31-63-30-29-62-28-27-61-26-25-60-24-23-53-51(59)42-13-11-40(12-14-42)43-17-21-48-44(37-43)10-9-38(2)56(48)39(3)57/h5,7-8,11-22,37-38,47H,4,6,9-10,23-36H2,1-3H3,(H,53,59)(H,55,58)/b22-18+/t38-,47?/m0/s1. The van der Waals surface area contributed by atoms with Crippen LogP contribution in [0.25, 0.3) is 17.2 Å². The summed E-state index contributed by atoms with van der Waals surface area (Å²) in [4.78, 5) is 43.7. The molecule has 0 saturated carbocycles. The van der Waals surface area contributed by atoms with Crippen LogP contribution in [-0.2, 0) is 44.4 Å². The number of amides is 3. The number of rotatable bonds is 30. The quantitative estimate of drug-likeness (QED) is 0.0299. The lowest BCUT2D eigenvalue weighted by molar-refractivity contribution is -0.118. The number of aromatic nitrogens is 1. The van der Waals surface area contributed by atoms with Crippen molar-refractivity contribution in [3.63, 3.8) is 0 Å². The van der Waals surface area contributed by atoms with Crippen LogP contribution in [0, 0.1) is 0 Å². The minimum absolute atomic E-state index is 0.0628. The molecule has 356 valence electrons. The summed E-state index contributed by atoms with van der Waals surface area (Å²) in [5.41, 5.74) is 6.54. The Morgan fingerprint density at radius 2 is 1.35 bits per heavy atom. The first-order chi connectivity index (χ1) is 32.2. The van der Waals surface area contributed by atoms with Crippen molar-refractivity contribution in [1.29, 1.82) is 0 Å². The minimum Gasteiger partial charge on any atom is -0.491 e. The minimum atomic E-state index is -0.173. The third kappa shape index (κ3) is 18.4. The third-order valence-electron chi connectivity index (χ3n) is 10.6. The normalized spacial score (nSPS) is 13.9. The van der Waals surface area contributed by atoms with Gasteiger partial charge >= 0.3 is 0 Å². The highest BCUT2D eigenvalue weighted by Gasteiger charge is 2.26. The Hall–Kier alpha value is -5.00. The molecular formula is C51H65BrN4O10. The van der Waals surface area contributed by atoms with Crippen molar-refractivity contribution in [1.82, 2.24) is 15.6 Å². The summed E-state index contributed by atoms with van der Waals surface area (Å²) in [5, 5.41) is 5.99. The number of ether oxygens (including phenoxy) is 7. The van der Waals surface area contributed by atoms with E-state index in [0.29, 0.717) is 104 Å². The Bertz CT molecular complexity index is 2100. The fourth-order valence-electron chi connectivity index (χ4n) is 7.29. The number of aryl methyl sites for hydroxylation is 1. The van der Waals surface area contributed by atoms with Gasteiger partial charge in [-0.25, -0.2) is 4.98 Å². The zero-order valence-electron chi connectivity index (χ0n) is 38.5. The number of anilines is 1. The van der Waals surface area contributed by atoms with Gasteiger partial charge in [-0.1, -0.05) is 49.7 Å². The molecule has 1 unspecified atom stereocenters. The zero-order chi connectivity index (χ0) is 46.8. The van der Waals surface area contributed by atoms with Crippen molar-refractivity contribution >= 4 is 45.4 Å². The van der Waals surface area contributed by atoms with Gasteiger partial charge in [-0.15, -0.1) is 0 Å². The second-order valence-electron chi connectivity index (χ2n) is 15.6. The smallest absolute Gasteiger partial charge is 0.251 e. The molecule has 66 heavy (non-hydrogen) atoms. The molecule has 5 rings (SSSR count). The summed E-state index contributed by atoms with van der Waals surface area (Å²) in [6.07, 6.45) is 6.82. The van der Waals surface area contributed by atoms with Crippen LogP contribution in [0.15, 0.2) is 95.6 Å². The molecule has 15 heteroatoms. The molecule has 3 amide bonds. The molecule has 2 heterocycles. The summed E-state index contributed by atoms with van der Waals surface area (Å²) >= 11 is 3.35. The highest BCUT2D eigenvalue weighted by molar-refractivity contribution is 9.10. The maximum absolute atomic E-state index is 12.7. The van der Waals surface area contributed by atoms with Crippen LogP contribution >= 0.6 is 15.9 Å². The number of benzene rings is 3. The Morgan fingerprint density at radius 3 is 1.94 bits per heavy atom. The van der Waals surface area contributed by atoms with Gasteiger partial charge in [0.15, 0.2) is 0 Å². The van der Waals surface area contributed by atoms with Gasteiger partial charge in [0, 0.05) is 36.8 Å². The highest BCUT2D eigenvalue weighted by Crippen LogP contribution is 2.34. The topological polar surface area (TPSA) is 156 Å². The predicted molar refractivity (Wildman–Crippen MR) is 259 cm³/mol. The number of carbonyl (C=O) groups is 3. The number of nitrogens with zero attached hydrogens (tertiary/aromatic N) is 2. The molecule has 0 fully saturated rings. The van der Waals surface area contributed by atoms with E-state index in [-0.39, 0.29) is 29.8 Å². The van der Waals surface area contributed by atoms with E-state index in [2.05, 4.69) is 51.5 Å². The van der Waals surface area contributed by atoms with E-state index >= 15 is 0 Å². The van der Waals surface area contributed by atoms with Gasteiger partial charge in [0.2, 0.25) is 11.8 Å². The predicted octanol–water partition coefficient (Wildman–Crippen LogP) is 7.78. The zero-order valence-corrected chi connectivity index (χ0v) is 40.1. The van der Waals surface area contributed by atoms with Crippen LogP contribution < -0.4 is 20.3 Å². The number of nitrogens with one attached hydrogen (secondary N) is 2. The Balaban J connectivity index is 0.780. The van der Waals surface area contributed by atoms with E-state index in [4.69, 9.17) is 33.2 Å². The molecule has 3 aromatic carbocycles. The van der Waals surface area contributed by atoms with Gasteiger partial charge in [-0.2, -0.15) is 0 Å². The van der Waals surface area contributed by atoms with Crippen LogP contribution in [0.3, 0.4) is 0 Å². The molecule has 0 aliphatic carbocycles. The largest absolute Gasteiger partial charge is 0.491 e. The summed E-state index contributed by atoms with van der Waals surface area (Å²) in [5.74, 6) is 0.470. The summed E-state index contributed by atoms with van der Waals surface area (Å²) in [7, 11) is 0. The molecule has 14 nitrogen and oxygen atoms in total. The first-order valence-electron chi connectivity index (χ1n) is 22.8. The molecular weight excluding hydrogens is 908 g/mol. The number of halogens is 1. The fourth-order valence-corrected chi connectivity index (χ4v) is 7.65. The van der Waals surface area contributed by atoms with Gasteiger partial charge < -0.3 is 48.7 Å². The summed E-state index contributed by atoms with van der Waals surface area (Å²) in [6, 6.07) is 27.2. The number of hydrogen-bond donors (Lipinski definition) is 2. The molecule has 2 atom stereocenters. The Labute approximate surface area is 397 Å². The van der Waals surface area contributed by atoms with E-state index in [1.54, 1.807) is 13.0 Å². The molecule has 0 radical (unpaired) electrons. The molecule has 0 bridgehead atoms. The van der Waals surface area contributed by atoms with E-state index < -0.39 is 0 Å². The lowest BCUT2D eigenvalue weighted by Gasteiger charge is -2.34. The maximum Gasteiger partial charge on any atom is 0.251 e. The summed E-state index contributed by atoms with van der Waals surface area (Å²) in [6.45, 7) is 11.9. The third-order valence-corrected chi connectivity index (χ3v) is 11.1. The van der Waals surface area contributed by atoms with E-state index in [1.165, 1.54) is 11.6 Å². The molecule has 2 N–H and O–H groups in total. The van der Waals surface area contributed by atoms with Crippen LogP contribution in [0.4, 0.5) is 5.69 Å². The van der Waals surface area contributed by atoms with Gasteiger partial charge in [-0.3, -0.25) is 14.4 Å². The van der Waals surface area contributed by atoms with Crippen molar-refractivity contribution in [2.24, 2.45) is 0 Å². The van der Waals surface area contributed by atoms with Crippen molar-refractivity contribution in [3.8, 4) is 16.9 Å². The number of fused-ring (bicyclic) bond motifs is 1. The second kappa shape index (κ2) is 29.6. The molecule has 0 spiro atoms. The van der Waals surface area contributed by atoms with Gasteiger partial charge in [-0.05, 0) is 119 Å². The lowest BCUT2D eigenvalue weighted by atomic mass is 9.93. The van der Waals surface area contributed by atoms with Crippen LogP contribution in [0.1, 0.15) is 73.3 Å². The van der Waals surface area contributed by atoms with E-state index in [1.807, 2.05) is 83.8 Å². The van der Waals surface area contributed by atoms with Gasteiger partial charge in [0.05, 0.1) is 91.0 Å². The Kier molecular flexibility index (Phi) is 23.3. The van der Waals surface area contributed by atoms with Gasteiger partial charge in [0.25, 0.3) is 5.91 Å². The lowest BCUT2D eigenvalue weighted by Crippen LogP contribution is -2.40. The molecule has 1 aliphatic rings. The highest BCUT2D eigenvalue weighted by atomic mass is 79.9. The second-order valence-corrected chi connectivity index (χ2v) is 16.4. The van der Waals surface area contributed by atoms with E-state index in [9.17, 15) is 14.4 Å². The average Bonchev–Trinajstić information content (AvgIpc) is 3.32. The van der Waals surface area contributed by atoms with Crippen molar-refractivity contribution in [2.45, 2.75) is 58.5 Å². The number of pyridine rings is 1.